The van der Waals surface area contributed by atoms with E-state index in [4.69, 9.17) is 9.94 Å². The summed E-state index contributed by atoms with van der Waals surface area (Å²) in [5.74, 6) is 0.867. The van der Waals surface area contributed by atoms with Gasteiger partial charge in [-0.3, -0.25) is 0 Å². The zero-order valence-electron chi connectivity index (χ0n) is 12.4. The highest BCUT2D eigenvalue weighted by Gasteiger charge is 2.18. The molecule has 3 rings (SSSR count). The first-order chi connectivity index (χ1) is 10.2. The molecule has 2 aromatic carbocycles. The first-order valence-electron chi connectivity index (χ1n) is 7.20. The number of nitrogens with zero attached hydrogens (tertiary/aromatic N) is 1. The first-order valence-corrected chi connectivity index (χ1v) is 7.20. The number of aryl methyl sites for hydroxylation is 3. The van der Waals surface area contributed by atoms with Gasteiger partial charge >= 0.3 is 0 Å². The largest absolute Gasteiger partial charge is 0.489 e. The van der Waals surface area contributed by atoms with Crippen molar-refractivity contribution in [2.45, 2.75) is 33.3 Å². The van der Waals surface area contributed by atoms with Gasteiger partial charge in [-0.2, -0.15) is 0 Å². The third-order valence-electron chi connectivity index (χ3n) is 4.12. The molecule has 0 spiro atoms. The predicted molar refractivity (Wildman–Crippen MR) is 83.3 cm³/mol. The molecular weight excluding hydrogens is 262 g/mol. The molecule has 2 aromatic rings. The Kier molecular flexibility index (Phi) is 3.65. The lowest BCUT2D eigenvalue weighted by Crippen LogP contribution is -1.98. The fourth-order valence-corrected chi connectivity index (χ4v) is 2.70. The van der Waals surface area contributed by atoms with Crippen molar-refractivity contribution in [1.29, 1.82) is 0 Å². The van der Waals surface area contributed by atoms with Gasteiger partial charge in [0.2, 0.25) is 0 Å². The van der Waals surface area contributed by atoms with Gasteiger partial charge in [0.25, 0.3) is 0 Å². The third-order valence-corrected chi connectivity index (χ3v) is 4.12. The van der Waals surface area contributed by atoms with Gasteiger partial charge in [0.15, 0.2) is 0 Å². The molecule has 1 aliphatic rings. The van der Waals surface area contributed by atoms with Crippen molar-refractivity contribution in [2.75, 3.05) is 0 Å². The molecule has 0 bridgehead atoms. The molecule has 1 N–H and O–H groups in total. The molecular formula is C18H19NO2. The number of hydrogen-bond acceptors (Lipinski definition) is 3. The van der Waals surface area contributed by atoms with E-state index in [1.165, 1.54) is 22.3 Å². The highest BCUT2D eigenvalue weighted by Crippen LogP contribution is 2.27. The Bertz CT molecular complexity index is 704. The lowest BCUT2D eigenvalue weighted by Gasteiger charge is -2.09. The minimum Gasteiger partial charge on any atom is -0.489 e. The van der Waals surface area contributed by atoms with E-state index < -0.39 is 0 Å². The van der Waals surface area contributed by atoms with Crippen LogP contribution in [0.2, 0.25) is 0 Å². The smallest absolute Gasteiger partial charge is 0.120 e. The Morgan fingerprint density at radius 2 is 1.90 bits per heavy atom. The minimum absolute atomic E-state index is 0.570. The van der Waals surface area contributed by atoms with Crippen LogP contribution in [0.25, 0.3) is 0 Å². The maximum Gasteiger partial charge on any atom is 0.120 e. The van der Waals surface area contributed by atoms with Gasteiger partial charge in [-0.05, 0) is 67.1 Å². The molecule has 0 saturated carbocycles. The number of ether oxygens (including phenoxy) is 1. The summed E-state index contributed by atoms with van der Waals surface area (Å²) in [5, 5.41) is 12.3. The van der Waals surface area contributed by atoms with Crippen LogP contribution in [0.4, 0.5) is 0 Å². The molecule has 3 nitrogen and oxygen atoms in total. The molecule has 0 amide bonds. The van der Waals surface area contributed by atoms with Gasteiger partial charge in [0, 0.05) is 5.56 Å². The highest BCUT2D eigenvalue weighted by atomic mass is 16.5. The molecule has 0 heterocycles. The van der Waals surface area contributed by atoms with Crippen molar-refractivity contribution in [2.24, 2.45) is 5.16 Å². The molecule has 21 heavy (non-hydrogen) atoms. The quantitative estimate of drug-likeness (QED) is 0.682. The number of fused-ring (bicyclic) bond motifs is 1. The van der Waals surface area contributed by atoms with Crippen LogP contribution in [0.15, 0.2) is 41.6 Å². The second-order valence-electron chi connectivity index (χ2n) is 5.57. The van der Waals surface area contributed by atoms with E-state index in [1.54, 1.807) is 0 Å². The second kappa shape index (κ2) is 5.60. The molecule has 1 aliphatic carbocycles. The summed E-state index contributed by atoms with van der Waals surface area (Å²) in [4.78, 5) is 0. The lowest BCUT2D eigenvalue weighted by atomic mass is 10.1. The van der Waals surface area contributed by atoms with Crippen molar-refractivity contribution >= 4 is 5.71 Å². The molecule has 0 radical (unpaired) electrons. The predicted octanol–water partition coefficient (Wildman–Crippen LogP) is 4.01. The van der Waals surface area contributed by atoms with Crippen LogP contribution in [-0.2, 0) is 13.0 Å². The summed E-state index contributed by atoms with van der Waals surface area (Å²) in [6.45, 7) is 4.80. The van der Waals surface area contributed by atoms with E-state index in [9.17, 15) is 0 Å². The summed E-state index contributed by atoms with van der Waals surface area (Å²) in [7, 11) is 0. The van der Waals surface area contributed by atoms with Crippen molar-refractivity contribution in [3.63, 3.8) is 0 Å². The third kappa shape index (κ3) is 2.77. The molecule has 0 unspecified atom stereocenters. The summed E-state index contributed by atoms with van der Waals surface area (Å²) in [5.41, 5.74) is 6.76. The van der Waals surface area contributed by atoms with Crippen LogP contribution in [0.3, 0.4) is 0 Å². The normalized spacial score (nSPS) is 15.2. The van der Waals surface area contributed by atoms with E-state index in [-0.39, 0.29) is 0 Å². The molecule has 0 fully saturated rings. The summed E-state index contributed by atoms with van der Waals surface area (Å²) in [6.07, 6.45) is 1.71. The number of oxime groups is 1. The summed E-state index contributed by atoms with van der Waals surface area (Å²) in [6, 6.07) is 12.4. The average molecular weight is 281 g/mol. The number of rotatable bonds is 3. The van der Waals surface area contributed by atoms with Crippen LogP contribution in [0.5, 0.6) is 5.75 Å². The van der Waals surface area contributed by atoms with E-state index in [0.717, 1.165) is 29.9 Å². The Morgan fingerprint density at radius 3 is 2.67 bits per heavy atom. The van der Waals surface area contributed by atoms with Crippen molar-refractivity contribution in [3.05, 3.63) is 64.2 Å². The highest BCUT2D eigenvalue weighted by molar-refractivity contribution is 6.04. The van der Waals surface area contributed by atoms with E-state index in [1.807, 2.05) is 12.1 Å². The molecule has 3 heteroatoms. The molecule has 0 aliphatic heterocycles. The van der Waals surface area contributed by atoms with Crippen molar-refractivity contribution < 1.29 is 9.94 Å². The Labute approximate surface area is 124 Å². The number of hydrogen-bond donors (Lipinski definition) is 1. The Hall–Kier alpha value is -2.29. The zero-order chi connectivity index (χ0) is 14.8. The van der Waals surface area contributed by atoms with Crippen LogP contribution >= 0.6 is 0 Å². The van der Waals surface area contributed by atoms with E-state index in [2.05, 4.69) is 43.3 Å². The Balaban J connectivity index is 1.73. The SMILES string of the molecule is Cc1ccc(COc2ccc3c(c2)CC/C3=N\O)cc1C. The van der Waals surface area contributed by atoms with Gasteiger partial charge in [-0.15, -0.1) is 0 Å². The molecule has 0 atom stereocenters. The standard InChI is InChI=1S/C18H19NO2/c1-12-3-4-14(9-13(12)2)11-21-16-6-7-17-15(10-16)5-8-18(17)19-20/h3-4,6-7,9-10,20H,5,8,11H2,1-2H3/b19-18+. The number of benzene rings is 2. The van der Waals surface area contributed by atoms with Crippen LogP contribution < -0.4 is 4.74 Å². The zero-order valence-corrected chi connectivity index (χ0v) is 12.4. The van der Waals surface area contributed by atoms with Gasteiger partial charge in [-0.1, -0.05) is 23.4 Å². The van der Waals surface area contributed by atoms with E-state index >= 15 is 0 Å². The van der Waals surface area contributed by atoms with Crippen LogP contribution in [0, 0.1) is 13.8 Å². The van der Waals surface area contributed by atoms with Gasteiger partial charge in [-0.25, -0.2) is 0 Å². The van der Waals surface area contributed by atoms with Gasteiger partial charge in [0.05, 0.1) is 5.71 Å². The first kappa shape index (κ1) is 13.7. The summed E-state index contributed by atoms with van der Waals surface area (Å²) < 4.78 is 5.88. The lowest BCUT2D eigenvalue weighted by molar-refractivity contribution is 0.306. The topological polar surface area (TPSA) is 41.8 Å². The van der Waals surface area contributed by atoms with Crippen LogP contribution in [-0.4, -0.2) is 10.9 Å². The van der Waals surface area contributed by atoms with E-state index in [0.29, 0.717) is 6.61 Å². The van der Waals surface area contributed by atoms with Crippen LogP contribution in [0.1, 0.15) is 34.2 Å². The molecule has 108 valence electrons. The summed E-state index contributed by atoms with van der Waals surface area (Å²) >= 11 is 0. The van der Waals surface area contributed by atoms with Crippen molar-refractivity contribution in [1.82, 2.24) is 0 Å². The molecule has 0 saturated heterocycles. The fourth-order valence-electron chi connectivity index (χ4n) is 2.70. The fraction of sp³-hybridized carbons (Fsp3) is 0.278. The maximum atomic E-state index is 8.94. The monoisotopic (exact) mass is 281 g/mol. The van der Waals surface area contributed by atoms with Crippen molar-refractivity contribution in [3.8, 4) is 5.75 Å². The Morgan fingerprint density at radius 1 is 1.05 bits per heavy atom. The second-order valence-corrected chi connectivity index (χ2v) is 5.57. The van der Waals surface area contributed by atoms with Gasteiger partial charge < -0.3 is 9.94 Å². The average Bonchev–Trinajstić information content (AvgIpc) is 2.90. The molecule has 0 aromatic heterocycles. The van der Waals surface area contributed by atoms with Gasteiger partial charge in [0.1, 0.15) is 12.4 Å². The maximum absolute atomic E-state index is 8.94. The minimum atomic E-state index is 0.570.